The standard InChI is InChI=1S/C18H19F3N6O.CH2O2/c1-26-6-2-3-12(9-26)23-17-25-24-16(14-8-22-10-27(14)17)13-5-4-11(7-15(13)28)18(19,20)21;2-1-3/h4-5,7-8,10,12,28H,2-3,6,9H2,1H3,(H,23,25);1H,(H,2,3)/t12-;/m1./s1. The van der Waals surface area contributed by atoms with Gasteiger partial charge in [0.1, 0.15) is 17.8 Å². The molecule has 1 saturated heterocycles. The van der Waals surface area contributed by atoms with Crippen molar-refractivity contribution in [2.75, 3.05) is 25.5 Å². The molecule has 1 aliphatic rings. The molecule has 3 aromatic rings. The fourth-order valence-corrected chi connectivity index (χ4v) is 3.50. The van der Waals surface area contributed by atoms with E-state index in [1.165, 1.54) is 6.07 Å². The Hall–Kier alpha value is -3.41. The highest BCUT2D eigenvalue weighted by Crippen LogP contribution is 2.37. The first-order valence-electron chi connectivity index (χ1n) is 9.37. The molecule has 1 fully saturated rings. The number of anilines is 1. The van der Waals surface area contributed by atoms with Crippen LogP contribution < -0.4 is 5.32 Å². The number of halogens is 3. The Balaban J connectivity index is 0.000000858. The normalized spacial score (nSPS) is 17.1. The smallest absolute Gasteiger partial charge is 0.416 e. The summed E-state index contributed by atoms with van der Waals surface area (Å²) in [5.41, 5.74) is 0.0349. The summed E-state index contributed by atoms with van der Waals surface area (Å²) in [4.78, 5) is 14.7. The largest absolute Gasteiger partial charge is 0.507 e. The van der Waals surface area contributed by atoms with Gasteiger partial charge in [-0.2, -0.15) is 13.2 Å². The zero-order valence-corrected chi connectivity index (χ0v) is 16.5. The summed E-state index contributed by atoms with van der Waals surface area (Å²) in [6.07, 6.45) is 0.646. The van der Waals surface area contributed by atoms with Gasteiger partial charge in [-0.05, 0) is 44.6 Å². The van der Waals surface area contributed by atoms with E-state index in [0.717, 1.165) is 32.0 Å². The predicted molar refractivity (Wildman–Crippen MR) is 106 cm³/mol. The highest BCUT2D eigenvalue weighted by Gasteiger charge is 2.31. The first-order chi connectivity index (χ1) is 14.7. The minimum Gasteiger partial charge on any atom is -0.507 e. The first kappa shape index (κ1) is 22.3. The second-order valence-corrected chi connectivity index (χ2v) is 7.10. The summed E-state index contributed by atoms with van der Waals surface area (Å²) < 4.78 is 40.2. The molecule has 1 aliphatic heterocycles. The Labute approximate surface area is 175 Å². The SMILES string of the molecule is CN1CCC[C@@H](Nc2nnc(-c3ccc(C(F)(F)F)cc3O)c3cncn23)C1.O=CO. The van der Waals surface area contributed by atoms with E-state index in [1.54, 1.807) is 16.9 Å². The summed E-state index contributed by atoms with van der Waals surface area (Å²) in [6, 6.07) is 3.00. The number of carbonyl (C=O) groups is 1. The number of phenolic OH excluding ortho intramolecular Hbond substituents is 1. The van der Waals surface area contributed by atoms with Crippen molar-refractivity contribution in [2.45, 2.75) is 25.1 Å². The highest BCUT2D eigenvalue weighted by molar-refractivity contribution is 5.80. The molecule has 0 radical (unpaired) electrons. The molecule has 0 spiro atoms. The lowest BCUT2D eigenvalue weighted by molar-refractivity contribution is -0.137. The second kappa shape index (κ2) is 9.16. The van der Waals surface area contributed by atoms with Crippen LogP contribution in [0.25, 0.3) is 16.8 Å². The lowest BCUT2D eigenvalue weighted by atomic mass is 10.1. The summed E-state index contributed by atoms with van der Waals surface area (Å²) in [7, 11) is 2.06. The molecule has 3 heterocycles. The average Bonchev–Trinajstić information content (AvgIpc) is 3.19. The number of likely N-dealkylation sites (tertiary alicyclic amines) is 1. The third kappa shape index (κ3) is 5.02. The summed E-state index contributed by atoms with van der Waals surface area (Å²) in [6.45, 7) is 1.68. The average molecular weight is 438 g/mol. The fourth-order valence-electron chi connectivity index (χ4n) is 3.50. The van der Waals surface area contributed by atoms with Crippen molar-refractivity contribution in [2.24, 2.45) is 0 Å². The number of nitrogens with one attached hydrogen (secondary N) is 1. The van der Waals surface area contributed by atoms with Crippen molar-refractivity contribution in [3.8, 4) is 17.0 Å². The number of imidazole rings is 1. The summed E-state index contributed by atoms with van der Waals surface area (Å²) in [5, 5.41) is 28.7. The number of aromatic nitrogens is 4. The van der Waals surface area contributed by atoms with Crippen LogP contribution in [0.2, 0.25) is 0 Å². The molecule has 0 aliphatic carbocycles. The van der Waals surface area contributed by atoms with Gasteiger partial charge < -0.3 is 20.4 Å². The van der Waals surface area contributed by atoms with Crippen LogP contribution in [0.15, 0.2) is 30.7 Å². The molecule has 3 N–H and O–H groups in total. The van der Waals surface area contributed by atoms with E-state index in [1.807, 2.05) is 0 Å². The zero-order chi connectivity index (χ0) is 22.6. The van der Waals surface area contributed by atoms with E-state index < -0.39 is 17.5 Å². The highest BCUT2D eigenvalue weighted by atomic mass is 19.4. The molecule has 0 amide bonds. The van der Waals surface area contributed by atoms with Crippen LogP contribution >= 0.6 is 0 Å². The fraction of sp³-hybridized carbons (Fsp3) is 0.368. The van der Waals surface area contributed by atoms with Crippen LogP contribution in [0.4, 0.5) is 19.1 Å². The van der Waals surface area contributed by atoms with E-state index >= 15 is 0 Å². The topological polar surface area (TPSA) is 116 Å². The molecule has 1 aromatic carbocycles. The molecule has 9 nitrogen and oxygen atoms in total. The van der Waals surface area contributed by atoms with Crippen molar-refractivity contribution in [1.29, 1.82) is 0 Å². The van der Waals surface area contributed by atoms with E-state index in [9.17, 15) is 18.3 Å². The van der Waals surface area contributed by atoms with Gasteiger partial charge in [-0.25, -0.2) is 4.98 Å². The number of alkyl halides is 3. The number of phenols is 1. The molecule has 4 rings (SSSR count). The third-order valence-corrected chi connectivity index (χ3v) is 4.89. The number of hydrogen-bond acceptors (Lipinski definition) is 7. The maximum Gasteiger partial charge on any atom is 0.416 e. The molecule has 1 atom stereocenters. The summed E-state index contributed by atoms with van der Waals surface area (Å²) >= 11 is 0. The Kier molecular flexibility index (Phi) is 6.59. The summed E-state index contributed by atoms with van der Waals surface area (Å²) in [5.74, 6) is -0.00945. The molecular weight excluding hydrogens is 417 g/mol. The minimum atomic E-state index is -4.53. The van der Waals surface area contributed by atoms with Crippen molar-refractivity contribution in [3.05, 3.63) is 36.3 Å². The molecule has 2 aromatic heterocycles. The molecule has 31 heavy (non-hydrogen) atoms. The van der Waals surface area contributed by atoms with Gasteiger partial charge in [0.15, 0.2) is 0 Å². The van der Waals surface area contributed by atoms with E-state index in [4.69, 9.17) is 9.90 Å². The number of rotatable bonds is 3. The number of nitrogens with zero attached hydrogens (tertiary/aromatic N) is 5. The third-order valence-electron chi connectivity index (χ3n) is 4.89. The lowest BCUT2D eigenvalue weighted by Crippen LogP contribution is -2.40. The number of carboxylic acid groups (broad SMARTS) is 1. The maximum absolute atomic E-state index is 12.8. The Morgan fingerprint density at radius 2 is 2.03 bits per heavy atom. The zero-order valence-electron chi connectivity index (χ0n) is 16.5. The van der Waals surface area contributed by atoms with Gasteiger partial charge in [0.25, 0.3) is 6.47 Å². The number of benzene rings is 1. The van der Waals surface area contributed by atoms with Crippen LogP contribution in [-0.2, 0) is 11.0 Å². The van der Waals surface area contributed by atoms with Gasteiger partial charge in [0.2, 0.25) is 5.95 Å². The Morgan fingerprint density at radius 1 is 1.29 bits per heavy atom. The van der Waals surface area contributed by atoms with Crippen molar-refractivity contribution in [1.82, 2.24) is 24.5 Å². The number of likely N-dealkylation sites (N-methyl/N-ethyl adjacent to an activating group) is 1. The van der Waals surface area contributed by atoms with Gasteiger partial charge in [0, 0.05) is 18.2 Å². The van der Waals surface area contributed by atoms with Gasteiger partial charge in [-0.1, -0.05) is 0 Å². The van der Waals surface area contributed by atoms with Crippen LogP contribution in [0.1, 0.15) is 18.4 Å². The quantitative estimate of drug-likeness (QED) is 0.535. The Morgan fingerprint density at radius 3 is 2.68 bits per heavy atom. The molecule has 166 valence electrons. The monoisotopic (exact) mass is 438 g/mol. The Bertz CT molecular complexity index is 1060. The van der Waals surface area contributed by atoms with Gasteiger partial charge in [-0.3, -0.25) is 9.20 Å². The van der Waals surface area contributed by atoms with Crippen molar-refractivity contribution >= 4 is 17.9 Å². The van der Waals surface area contributed by atoms with Crippen LogP contribution in [0, 0.1) is 0 Å². The molecule has 0 unspecified atom stereocenters. The van der Waals surface area contributed by atoms with Gasteiger partial charge in [0.05, 0.1) is 17.3 Å². The molecule has 12 heteroatoms. The molecular formula is C19H21F3N6O3. The number of fused-ring (bicyclic) bond motifs is 1. The van der Waals surface area contributed by atoms with E-state index in [2.05, 4.69) is 32.4 Å². The maximum atomic E-state index is 12.8. The second-order valence-electron chi connectivity index (χ2n) is 7.10. The first-order valence-corrected chi connectivity index (χ1v) is 9.37. The van der Waals surface area contributed by atoms with Crippen LogP contribution in [0.3, 0.4) is 0 Å². The minimum absolute atomic E-state index is 0.162. The van der Waals surface area contributed by atoms with Crippen LogP contribution in [-0.4, -0.2) is 67.3 Å². The van der Waals surface area contributed by atoms with Gasteiger partial charge in [-0.15, -0.1) is 10.2 Å². The number of hydrogen-bond donors (Lipinski definition) is 3. The number of piperidine rings is 1. The predicted octanol–water partition coefficient (Wildman–Crippen LogP) is 2.72. The van der Waals surface area contributed by atoms with Crippen LogP contribution in [0.5, 0.6) is 5.75 Å². The molecule has 0 bridgehead atoms. The van der Waals surface area contributed by atoms with Gasteiger partial charge >= 0.3 is 6.18 Å². The van der Waals surface area contributed by atoms with Crippen molar-refractivity contribution in [3.63, 3.8) is 0 Å². The molecule has 0 saturated carbocycles. The van der Waals surface area contributed by atoms with E-state index in [-0.39, 0.29) is 23.8 Å². The van der Waals surface area contributed by atoms with E-state index in [0.29, 0.717) is 17.5 Å². The number of aromatic hydroxyl groups is 1. The van der Waals surface area contributed by atoms with Crippen molar-refractivity contribution < 1.29 is 28.2 Å². The lowest BCUT2D eigenvalue weighted by Gasteiger charge is -2.30.